The van der Waals surface area contributed by atoms with Gasteiger partial charge in [-0.1, -0.05) is 13.8 Å². The number of amides is 4. The molecule has 0 aliphatic heterocycles. The number of nitrogens with two attached hydrogens (primary N) is 2. The number of hydrogen-bond donors (Lipinski definition) is 8. The molecule has 0 bridgehead atoms. The Hall–Kier alpha value is -2.87. The molecule has 0 saturated heterocycles. The first kappa shape index (κ1) is 29.1. The molecule has 0 aliphatic rings. The summed E-state index contributed by atoms with van der Waals surface area (Å²) in [6.07, 6.45) is -1.25. The van der Waals surface area contributed by atoms with E-state index in [1.54, 1.807) is 0 Å². The summed E-state index contributed by atoms with van der Waals surface area (Å²) in [7, 11) is 0. The van der Waals surface area contributed by atoms with Crippen molar-refractivity contribution in [2.45, 2.75) is 63.7 Å². The molecule has 182 valence electrons. The second-order valence-electron chi connectivity index (χ2n) is 7.54. The summed E-state index contributed by atoms with van der Waals surface area (Å²) in [6, 6.07) is -5.20. The van der Waals surface area contributed by atoms with Gasteiger partial charge in [0.15, 0.2) is 0 Å². The first-order valence-corrected chi connectivity index (χ1v) is 10.4. The zero-order valence-corrected chi connectivity index (χ0v) is 18.8. The maximum atomic E-state index is 12.5. The van der Waals surface area contributed by atoms with Crippen LogP contribution in [0.15, 0.2) is 0 Å². The molecule has 0 radical (unpaired) electrons. The van der Waals surface area contributed by atoms with Crippen molar-refractivity contribution in [1.29, 1.82) is 0 Å². The fraction of sp³-hybridized carbons (Fsp3) is 0.667. The van der Waals surface area contributed by atoms with Gasteiger partial charge in [0.2, 0.25) is 23.6 Å². The molecule has 13 nitrogen and oxygen atoms in total. The number of aliphatic carboxylic acids is 2. The molecule has 0 aromatic carbocycles. The summed E-state index contributed by atoms with van der Waals surface area (Å²) in [4.78, 5) is 70.5. The Morgan fingerprint density at radius 1 is 0.875 bits per heavy atom. The van der Waals surface area contributed by atoms with Gasteiger partial charge >= 0.3 is 11.9 Å². The number of primary amides is 1. The molecule has 0 heterocycles. The highest BCUT2D eigenvalue weighted by molar-refractivity contribution is 7.80. The topological polar surface area (TPSA) is 231 Å². The molecule has 32 heavy (non-hydrogen) atoms. The normalized spacial score (nSPS) is 14.5. The van der Waals surface area contributed by atoms with Crippen LogP contribution in [0.3, 0.4) is 0 Å². The van der Waals surface area contributed by atoms with E-state index < -0.39 is 79.0 Å². The van der Waals surface area contributed by atoms with Crippen LogP contribution in [0.1, 0.15) is 39.5 Å². The van der Waals surface area contributed by atoms with Gasteiger partial charge in [-0.05, 0) is 18.8 Å². The molecule has 0 rings (SSSR count). The Kier molecular flexibility index (Phi) is 13.0. The van der Waals surface area contributed by atoms with Crippen molar-refractivity contribution in [3.05, 3.63) is 0 Å². The molecule has 0 aromatic rings. The van der Waals surface area contributed by atoms with Crippen LogP contribution in [0.2, 0.25) is 0 Å². The third kappa shape index (κ3) is 11.5. The molecule has 0 fully saturated rings. The Morgan fingerprint density at radius 2 is 1.38 bits per heavy atom. The van der Waals surface area contributed by atoms with E-state index in [-0.39, 0.29) is 11.7 Å². The second-order valence-corrected chi connectivity index (χ2v) is 7.91. The van der Waals surface area contributed by atoms with Crippen LogP contribution in [0.25, 0.3) is 0 Å². The SMILES string of the molecule is CC(C)CC(N)C(=O)NC(CS)C(=O)NC(CC(N)=O)C(=O)NC(CCC(=O)O)C(=O)O. The summed E-state index contributed by atoms with van der Waals surface area (Å²) >= 11 is 4.00. The van der Waals surface area contributed by atoms with Crippen molar-refractivity contribution in [3.8, 4) is 0 Å². The molecule has 4 amide bonds. The van der Waals surface area contributed by atoms with Crippen molar-refractivity contribution in [2.75, 3.05) is 5.75 Å². The predicted molar refractivity (Wildman–Crippen MR) is 115 cm³/mol. The quantitative estimate of drug-likeness (QED) is 0.117. The fourth-order valence-corrected chi connectivity index (χ4v) is 2.83. The smallest absolute Gasteiger partial charge is 0.326 e. The lowest BCUT2D eigenvalue weighted by Gasteiger charge is -2.24. The minimum atomic E-state index is -1.57. The minimum absolute atomic E-state index is 0.131. The van der Waals surface area contributed by atoms with Gasteiger partial charge in [0.1, 0.15) is 18.1 Å². The average Bonchev–Trinajstić information content (AvgIpc) is 2.66. The summed E-state index contributed by atoms with van der Waals surface area (Å²) in [5, 5.41) is 24.6. The number of thiol groups is 1. The van der Waals surface area contributed by atoms with Crippen molar-refractivity contribution in [2.24, 2.45) is 17.4 Å². The lowest BCUT2D eigenvalue weighted by Crippen LogP contribution is -2.58. The number of rotatable bonds is 15. The van der Waals surface area contributed by atoms with E-state index in [0.29, 0.717) is 6.42 Å². The van der Waals surface area contributed by atoms with Crippen LogP contribution < -0.4 is 27.4 Å². The predicted octanol–water partition coefficient (Wildman–Crippen LogP) is -2.43. The van der Waals surface area contributed by atoms with Gasteiger partial charge in [-0.3, -0.25) is 24.0 Å². The summed E-state index contributed by atoms with van der Waals surface area (Å²) < 4.78 is 0. The van der Waals surface area contributed by atoms with Gasteiger partial charge in [-0.15, -0.1) is 0 Å². The number of hydrogen-bond acceptors (Lipinski definition) is 8. The van der Waals surface area contributed by atoms with Gasteiger partial charge in [0, 0.05) is 12.2 Å². The number of carboxylic acid groups (broad SMARTS) is 2. The van der Waals surface area contributed by atoms with E-state index in [2.05, 4.69) is 28.6 Å². The summed E-state index contributed by atoms with van der Waals surface area (Å²) in [5.41, 5.74) is 10.9. The number of carbonyl (C=O) groups is 6. The first-order chi connectivity index (χ1) is 14.8. The van der Waals surface area contributed by atoms with Crippen molar-refractivity contribution >= 4 is 48.2 Å². The van der Waals surface area contributed by atoms with Crippen LogP contribution >= 0.6 is 12.6 Å². The maximum Gasteiger partial charge on any atom is 0.326 e. The van der Waals surface area contributed by atoms with Crippen LogP contribution in [0, 0.1) is 5.92 Å². The fourth-order valence-electron chi connectivity index (χ4n) is 2.57. The van der Waals surface area contributed by atoms with E-state index in [9.17, 15) is 28.8 Å². The highest BCUT2D eigenvalue weighted by Gasteiger charge is 2.31. The van der Waals surface area contributed by atoms with E-state index in [4.69, 9.17) is 21.7 Å². The highest BCUT2D eigenvalue weighted by Crippen LogP contribution is 2.04. The van der Waals surface area contributed by atoms with E-state index >= 15 is 0 Å². The molecule has 9 N–H and O–H groups in total. The lowest BCUT2D eigenvalue weighted by molar-refractivity contribution is -0.143. The average molecular weight is 478 g/mol. The molecule has 0 aliphatic carbocycles. The zero-order chi connectivity index (χ0) is 25.0. The third-order valence-corrected chi connectivity index (χ3v) is 4.54. The molecule has 14 heteroatoms. The van der Waals surface area contributed by atoms with E-state index in [0.717, 1.165) is 0 Å². The standard InChI is InChI=1S/C18H31N5O8S/c1-8(2)5-9(19)15(27)23-12(7-32)17(29)22-11(6-13(20)24)16(28)21-10(18(30)31)3-4-14(25)26/h8-12,32H,3-7,19H2,1-2H3,(H2,20,24)(H,21,28)(H,22,29)(H,23,27)(H,25,26)(H,30,31). The van der Waals surface area contributed by atoms with Crippen molar-refractivity contribution in [3.63, 3.8) is 0 Å². The minimum Gasteiger partial charge on any atom is -0.481 e. The Morgan fingerprint density at radius 3 is 1.81 bits per heavy atom. The summed E-state index contributed by atoms with van der Waals surface area (Å²) in [5.74, 6) is -6.30. The Bertz CT molecular complexity index is 717. The molecular formula is C18H31N5O8S. The highest BCUT2D eigenvalue weighted by atomic mass is 32.1. The number of carboxylic acids is 2. The molecule has 4 unspecified atom stereocenters. The molecule has 0 spiro atoms. The van der Waals surface area contributed by atoms with Crippen molar-refractivity contribution < 1.29 is 39.0 Å². The van der Waals surface area contributed by atoms with Gasteiger partial charge in [0.05, 0.1) is 12.5 Å². The molecular weight excluding hydrogens is 446 g/mol. The number of carbonyl (C=O) groups excluding carboxylic acids is 4. The van der Waals surface area contributed by atoms with Gasteiger partial charge in [0.25, 0.3) is 0 Å². The number of nitrogens with one attached hydrogen (secondary N) is 3. The zero-order valence-electron chi connectivity index (χ0n) is 17.9. The largest absolute Gasteiger partial charge is 0.481 e. The Balaban J connectivity index is 5.28. The van der Waals surface area contributed by atoms with Crippen LogP contribution in [0.5, 0.6) is 0 Å². The molecule has 4 atom stereocenters. The Labute approximate surface area is 190 Å². The van der Waals surface area contributed by atoms with Gasteiger partial charge in [-0.2, -0.15) is 12.6 Å². The van der Waals surface area contributed by atoms with Crippen molar-refractivity contribution in [1.82, 2.24) is 16.0 Å². The molecule has 0 saturated carbocycles. The van der Waals surface area contributed by atoms with E-state index in [1.165, 1.54) is 0 Å². The van der Waals surface area contributed by atoms with Gasteiger partial charge < -0.3 is 37.6 Å². The second kappa shape index (κ2) is 14.2. The van der Waals surface area contributed by atoms with E-state index in [1.807, 2.05) is 13.8 Å². The lowest BCUT2D eigenvalue weighted by atomic mass is 10.0. The van der Waals surface area contributed by atoms with Crippen LogP contribution in [0.4, 0.5) is 0 Å². The first-order valence-electron chi connectivity index (χ1n) is 9.78. The van der Waals surface area contributed by atoms with Gasteiger partial charge in [-0.25, -0.2) is 4.79 Å². The van der Waals surface area contributed by atoms with Crippen LogP contribution in [-0.2, 0) is 28.8 Å². The molecule has 0 aromatic heterocycles. The maximum absolute atomic E-state index is 12.5. The monoisotopic (exact) mass is 477 g/mol. The van der Waals surface area contributed by atoms with Crippen LogP contribution in [-0.4, -0.2) is 75.7 Å². The summed E-state index contributed by atoms with van der Waals surface area (Å²) in [6.45, 7) is 3.73. The third-order valence-electron chi connectivity index (χ3n) is 4.18.